The maximum Gasteiger partial charge on any atom is 0.0887 e. The summed E-state index contributed by atoms with van der Waals surface area (Å²) in [5.41, 5.74) is 0. The van der Waals surface area contributed by atoms with Crippen LogP contribution in [-0.2, 0) is 0 Å². The second-order valence-electron chi connectivity index (χ2n) is 4.02. The predicted molar refractivity (Wildman–Crippen MR) is 62.8 cm³/mol. The van der Waals surface area contributed by atoms with Gasteiger partial charge in [0.25, 0.3) is 0 Å². The van der Waals surface area contributed by atoms with E-state index >= 15 is 0 Å². The lowest BCUT2D eigenvalue weighted by molar-refractivity contribution is -0.947. The summed E-state index contributed by atoms with van der Waals surface area (Å²) < 4.78 is 1.32. The molecule has 1 atom stereocenters. The molecule has 0 aliphatic heterocycles. The van der Waals surface area contributed by atoms with Gasteiger partial charge in [-0.15, -0.1) is 0 Å². The van der Waals surface area contributed by atoms with Gasteiger partial charge in [0.15, 0.2) is 0 Å². The molecule has 88 valence electrons. The smallest absolute Gasteiger partial charge is 0.0887 e. The highest BCUT2D eigenvalue weighted by Gasteiger charge is 2.29. The highest BCUT2D eigenvalue weighted by Crippen LogP contribution is 2.20. The van der Waals surface area contributed by atoms with E-state index in [-0.39, 0.29) is 5.48 Å². The van der Waals surface area contributed by atoms with Gasteiger partial charge >= 0.3 is 0 Å². The van der Waals surface area contributed by atoms with Crippen molar-refractivity contribution in [1.82, 2.24) is 0 Å². The minimum Gasteiger partial charge on any atom is -0.870 e. The van der Waals surface area contributed by atoms with E-state index < -0.39 is 0 Å². The third-order valence-corrected chi connectivity index (χ3v) is 3.76. The molecule has 1 unspecified atom stereocenters. The Morgan fingerprint density at radius 1 is 0.857 bits per heavy atom. The van der Waals surface area contributed by atoms with Crippen molar-refractivity contribution in [3.05, 3.63) is 0 Å². The maximum atomic E-state index is 2.34. The van der Waals surface area contributed by atoms with Crippen molar-refractivity contribution < 1.29 is 9.96 Å². The molecule has 0 rings (SSSR count). The van der Waals surface area contributed by atoms with Crippen LogP contribution in [0.5, 0.6) is 0 Å². The fourth-order valence-electron chi connectivity index (χ4n) is 2.64. The van der Waals surface area contributed by atoms with Crippen LogP contribution < -0.4 is 0 Å². The summed E-state index contributed by atoms with van der Waals surface area (Å²) in [6, 6.07) is 0.894. The first-order chi connectivity index (χ1) is 6.20. The average Bonchev–Trinajstić information content (AvgIpc) is 2.19. The molecular formula is C12H29NO. The fourth-order valence-corrected chi connectivity index (χ4v) is 2.64. The van der Waals surface area contributed by atoms with E-state index in [1.807, 2.05) is 0 Å². The molecular weight excluding hydrogens is 174 g/mol. The Hall–Kier alpha value is -0.0800. The lowest BCUT2D eigenvalue weighted by atomic mass is 10.0. The van der Waals surface area contributed by atoms with Crippen molar-refractivity contribution in [2.24, 2.45) is 0 Å². The summed E-state index contributed by atoms with van der Waals surface area (Å²) in [6.07, 6.45) is 4.06. The Morgan fingerprint density at radius 3 is 1.50 bits per heavy atom. The Kier molecular flexibility index (Phi) is 9.63. The zero-order valence-corrected chi connectivity index (χ0v) is 10.7. The molecule has 0 aromatic carbocycles. The molecule has 0 aromatic heterocycles. The first-order valence-electron chi connectivity index (χ1n) is 6.06. The minimum atomic E-state index is 0. The van der Waals surface area contributed by atoms with Crippen LogP contribution in [0.2, 0.25) is 0 Å². The van der Waals surface area contributed by atoms with Crippen molar-refractivity contribution >= 4 is 0 Å². The van der Waals surface area contributed by atoms with Crippen molar-refractivity contribution in [2.75, 3.05) is 19.6 Å². The lowest BCUT2D eigenvalue weighted by Gasteiger charge is -2.43. The van der Waals surface area contributed by atoms with Crippen LogP contribution in [-0.4, -0.2) is 35.6 Å². The van der Waals surface area contributed by atoms with Crippen LogP contribution in [0.3, 0.4) is 0 Å². The zero-order chi connectivity index (χ0) is 10.3. The van der Waals surface area contributed by atoms with E-state index in [2.05, 4.69) is 34.6 Å². The fraction of sp³-hybridized carbons (Fsp3) is 1.00. The zero-order valence-electron chi connectivity index (χ0n) is 10.7. The average molecular weight is 203 g/mol. The second-order valence-corrected chi connectivity index (χ2v) is 4.02. The molecule has 0 radical (unpaired) electrons. The highest BCUT2D eigenvalue weighted by molar-refractivity contribution is 4.57. The van der Waals surface area contributed by atoms with Gasteiger partial charge in [0.1, 0.15) is 0 Å². The third-order valence-electron chi connectivity index (χ3n) is 3.76. The molecule has 1 N–H and O–H groups in total. The monoisotopic (exact) mass is 203 g/mol. The number of hydrogen-bond acceptors (Lipinski definition) is 1. The Bertz CT molecular complexity index is 113. The quantitative estimate of drug-likeness (QED) is 0.584. The number of rotatable bonds is 7. The van der Waals surface area contributed by atoms with Gasteiger partial charge in [-0.1, -0.05) is 20.3 Å². The van der Waals surface area contributed by atoms with Gasteiger partial charge in [0.05, 0.1) is 25.7 Å². The van der Waals surface area contributed by atoms with Gasteiger partial charge in [-0.05, 0) is 33.6 Å². The summed E-state index contributed by atoms with van der Waals surface area (Å²) in [7, 11) is 0. The summed E-state index contributed by atoms with van der Waals surface area (Å²) in [5, 5.41) is 0. The standard InChI is InChI=1S/C12H28N.H2O/c1-6-11-12(7-2)13(8-3,9-4)10-5;/h12H,6-11H2,1-5H3;1H2/q+1;/p-1. The van der Waals surface area contributed by atoms with E-state index in [9.17, 15) is 0 Å². The molecule has 0 saturated carbocycles. The topological polar surface area (TPSA) is 30.0 Å². The third kappa shape index (κ3) is 3.58. The van der Waals surface area contributed by atoms with Crippen LogP contribution in [0, 0.1) is 0 Å². The van der Waals surface area contributed by atoms with Gasteiger partial charge < -0.3 is 9.96 Å². The van der Waals surface area contributed by atoms with E-state index in [1.54, 1.807) is 0 Å². The van der Waals surface area contributed by atoms with Crippen LogP contribution in [0.1, 0.15) is 53.9 Å². The summed E-state index contributed by atoms with van der Waals surface area (Å²) in [5.74, 6) is 0. The van der Waals surface area contributed by atoms with Crippen molar-refractivity contribution in [3.8, 4) is 0 Å². The van der Waals surface area contributed by atoms with Gasteiger partial charge in [-0.25, -0.2) is 0 Å². The summed E-state index contributed by atoms with van der Waals surface area (Å²) in [4.78, 5) is 0. The van der Waals surface area contributed by atoms with Gasteiger partial charge in [0.2, 0.25) is 0 Å². The molecule has 0 bridgehead atoms. The van der Waals surface area contributed by atoms with Crippen molar-refractivity contribution in [2.45, 2.75) is 59.9 Å². The largest absolute Gasteiger partial charge is 0.870 e. The minimum absolute atomic E-state index is 0. The Morgan fingerprint density at radius 2 is 1.29 bits per heavy atom. The molecule has 0 amide bonds. The predicted octanol–water partition coefficient (Wildman–Crippen LogP) is 3.26. The molecule has 2 heteroatoms. The maximum absolute atomic E-state index is 2.34. The molecule has 0 aliphatic rings. The summed E-state index contributed by atoms with van der Waals surface area (Å²) >= 11 is 0. The van der Waals surface area contributed by atoms with Crippen LogP contribution in [0.4, 0.5) is 0 Å². The first kappa shape index (κ1) is 16.4. The molecule has 14 heavy (non-hydrogen) atoms. The van der Waals surface area contributed by atoms with E-state index in [4.69, 9.17) is 0 Å². The number of quaternary nitrogens is 1. The van der Waals surface area contributed by atoms with Crippen molar-refractivity contribution in [3.63, 3.8) is 0 Å². The lowest BCUT2D eigenvalue weighted by Crippen LogP contribution is -2.54. The van der Waals surface area contributed by atoms with Gasteiger partial charge in [-0.2, -0.15) is 0 Å². The van der Waals surface area contributed by atoms with E-state index in [0.29, 0.717) is 0 Å². The molecule has 0 fully saturated rings. The number of nitrogens with zero attached hydrogens (tertiary/aromatic N) is 1. The summed E-state index contributed by atoms with van der Waals surface area (Å²) in [6.45, 7) is 15.6. The van der Waals surface area contributed by atoms with Gasteiger partial charge in [-0.3, -0.25) is 0 Å². The highest BCUT2D eigenvalue weighted by atomic mass is 16.0. The SMILES string of the molecule is CCCC(CC)[N+](CC)(CC)CC.[OH-]. The first-order valence-corrected chi connectivity index (χ1v) is 6.06. The normalized spacial score (nSPS) is 13.5. The van der Waals surface area contributed by atoms with Crippen LogP contribution >= 0.6 is 0 Å². The van der Waals surface area contributed by atoms with Crippen molar-refractivity contribution in [1.29, 1.82) is 0 Å². The number of hydrogen-bond donors (Lipinski definition) is 0. The van der Waals surface area contributed by atoms with Crippen LogP contribution in [0.25, 0.3) is 0 Å². The molecule has 0 spiro atoms. The molecule has 0 saturated heterocycles. The Balaban J connectivity index is 0. The van der Waals surface area contributed by atoms with E-state index in [0.717, 1.165) is 6.04 Å². The van der Waals surface area contributed by atoms with Crippen LogP contribution in [0.15, 0.2) is 0 Å². The Labute approximate surface area is 90.2 Å². The van der Waals surface area contributed by atoms with Gasteiger partial charge in [0, 0.05) is 0 Å². The molecule has 0 aromatic rings. The second kappa shape index (κ2) is 8.25. The van der Waals surface area contributed by atoms with E-state index in [1.165, 1.54) is 43.4 Å². The molecule has 2 nitrogen and oxygen atoms in total. The molecule has 0 aliphatic carbocycles. The molecule has 0 heterocycles.